The molecule has 30 heavy (non-hydrogen) atoms. The van der Waals surface area contributed by atoms with Crippen LogP contribution < -0.4 is 0 Å². The van der Waals surface area contributed by atoms with Crippen LogP contribution in [0.25, 0.3) is 0 Å². The summed E-state index contributed by atoms with van der Waals surface area (Å²) in [6, 6.07) is 11.2. The summed E-state index contributed by atoms with van der Waals surface area (Å²) in [5.41, 5.74) is 3.02. The summed E-state index contributed by atoms with van der Waals surface area (Å²) in [4.78, 5) is 1.86. The van der Waals surface area contributed by atoms with Crippen molar-refractivity contribution in [3.05, 3.63) is 58.9 Å². The van der Waals surface area contributed by atoms with Crippen molar-refractivity contribution in [1.29, 1.82) is 0 Å². The Labute approximate surface area is 186 Å². The van der Waals surface area contributed by atoms with Crippen LogP contribution in [0.15, 0.2) is 51.3 Å². The summed E-state index contributed by atoms with van der Waals surface area (Å²) in [5.74, 6) is 0.711. The molecule has 162 valence electrons. The number of rotatable bonds is 8. The van der Waals surface area contributed by atoms with E-state index in [0.29, 0.717) is 31.8 Å². The van der Waals surface area contributed by atoms with Crippen LogP contribution in [0.3, 0.4) is 0 Å². The number of hydrogen-bond acceptors (Lipinski definition) is 6. The van der Waals surface area contributed by atoms with Crippen molar-refractivity contribution < 1.29 is 19.1 Å². The molecule has 0 bridgehead atoms. The van der Waals surface area contributed by atoms with E-state index >= 15 is 0 Å². The normalized spacial score (nSPS) is 16.6. The predicted molar refractivity (Wildman–Crippen MR) is 122 cm³/mol. The largest absolute Gasteiger partial charge is 0.411 e. The molecule has 4 nitrogen and oxygen atoms in total. The maximum atomic E-state index is 14.5. The van der Waals surface area contributed by atoms with Gasteiger partial charge in [0.15, 0.2) is 0 Å². The van der Waals surface area contributed by atoms with Crippen LogP contribution in [0.4, 0.5) is 4.39 Å². The van der Waals surface area contributed by atoms with Gasteiger partial charge in [-0.15, -0.1) is 0 Å². The van der Waals surface area contributed by atoms with Gasteiger partial charge in [0.25, 0.3) is 0 Å². The van der Waals surface area contributed by atoms with E-state index in [1.54, 1.807) is 37.9 Å². The molecule has 1 saturated heterocycles. The zero-order valence-corrected chi connectivity index (χ0v) is 19.2. The lowest BCUT2D eigenvalue weighted by atomic mass is 9.86. The first-order valence-electron chi connectivity index (χ1n) is 9.94. The van der Waals surface area contributed by atoms with Crippen molar-refractivity contribution in [2.24, 2.45) is 5.16 Å². The highest BCUT2D eigenvalue weighted by Crippen LogP contribution is 2.39. The molecule has 7 heteroatoms. The molecule has 2 aromatic carbocycles. The maximum absolute atomic E-state index is 14.5. The van der Waals surface area contributed by atoms with Crippen LogP contribution in [-0.4, -0.2) is 43.3 Å². The second-order valence-corrected chi connectivity index (χ2v) is 9.47. The van der Waals surface area contributed by atoms with E-state index < -0.39 is 5.60 Å². The Hall–Kier alpha value is -1.54. The van der Waals surface area contributed by atoms with Gasteiger partial charge >= 0.3 is 0 Å². The van der Waals surface area contributed by atoms with Gasteiger partial charge < -0.3 is 14.7 Å². The van der Waals surface area contributed by atoms with E-state index in [1.807, 2.05) is 18.2 Å². The molecule has 1 heterocycles. The molecule has 0 aliphatic carbocycles. The molecule has 1 fully saturated rings. The van der Waals surface area contributed by atoms with Gasteiger partial charge in [0.05, 0.1) is 11.3 Å². The number of benzene rings is 2. The van der Waals surface area contributed by atoms with Gasteiger partial charge in [-0.05, 0) is 66.8 Å². The van der Waals surface area contributed by atoms with E-state index in [1.165, 1.54) is 11.8 Å². The Balaban J connectivity index is 1.91. The maximum Gasteiger partial charge on any atom is 0.124 e. The Kier molecular flexibility index (Phi) is 8.22. The lowest BCUT2D eigenvalue weighted by Crippen LogP contribution is -2.35. The van der Waals surface area contributed by atoms with Crippen LogP contribution in [0, 0.1) is 5.82 Å². The van der Waals surface area contributed by atoms with Gasteiger partial charge in [-0.3, -0.25) is 0 Å². The zero-order valence-electron chi connectivity index (χ0n) is 17.6. The first-order chi connectivity index (χ1) is 14.5. The fourth-order valence-electron chi connectivity index (χ4n) is 3.79. The molecule has 0 atom stereocenters. The van der Waals surface area contributed by atoms with Gasteiger partial charge in [-0.1, -0.05) is 23.0 Å². The number of thioether (sulfide) groups is 1. The molecular weight excluding hydrogens is 421 g/mol. The molecule has 1 aliphatic rings. The van der Waals surface area contributed by atoms with E-state index in [4.69, 9.17) is 9.47 Å². The minimum Gasteiger partial charge on any atom is -0.411 e. The predicted octanol–water partition coefficient (Wildman–Crippen LogP) is 5.73. The topological polar surface area (TPSA) is 51.0 Å². The summed E-state index contributed by atoms with van der Waals surface area (Å²) >= 11 is 3.30. The zero-order chi connectivity index (χ0) is 21.6. The van der Waals surface area contributed by atoms with Crippen LogP contribution in [0.2, 0.25) is 0 Å². The first kappa shape index (κ1) is 23.1. The molecule has 0 saturated carbocycles. The Morgan fingerprint density at radius 1 is 1.20 bits per heavy atom. The number of oxime groups is 1. The van der Waals surface area contributed by atoms with E-state index in [9.17, 15) is 9.60 Å². The van der Waals surface area contributed by atoms with E-state index in [0.717, 1.165) is 38.7 Å². The number of hydrogen-bond donors (Lipinski definition) is 1. The summed E-state index contributed by atoms with van der Waals surface area (Å²) < 4.78 is 25.8. The number of halogens is 1. The third kappa shape index (κ3) is 5.38. The molecule has 2 aromatic rings. The van der Waals surface area contributed by atoms with Gasteiger partial charge in [0.2, 0.25) is 0 Å². The van der Waals surface area contributed by atoms with E-state index in [2.05, 4.69) is 17.5 Å². The van der Waals surface area contributed by atoms with Gasteiger partial charge in [0.1, 0.15) is 5.82 Å². The number of aryl methyl sites for hydroxylation is 1. The second kappa shape index (κ2) is 10.7. The third-order valence-corrected chi connectivity index (χ3v) is 7.09. The van der Waals surface area contributed by atoms with Crippen molar-refractivity contribution in [3.8, 4) is 0 Å². The SMILES string of the molecule is COC1(c2cc(F)cc(Sc3ccc(/C(C)=N/O)c(CCSC)c3)c2)CCOCC1. The number of ether oxygens (including phenoxy) is 2. The summed E-state index contributed by atoms with van der Waals surface area (Å²) in [6.45, 7) is 3.01. The Morgan fingerprint density at radius 2 is 1.97 bits per heavy atom. The van der Waals surface area contributed by atoms with Gasteiger partial charge in [-0.2, -0.15) is 11.8 Å². The quantitative estimate of drug-likeness (QED) is 0.317. The van der Waals surface area contributed by atoms with Gasteiger partial charge in [-0.25, -0.2) is 4.39 Å². The van der Waals surface area contributed by atoms with Crippen LogP contribution in [0.5, 0.6) is 0 Å². The highest BCUT2D eigenvalue weighted by atomic mass is 32.2. The molecule has 0 spiro atoms. The molecule has 0 aromatic heterocycles. The standard InChI is InChI=1S/C23H28FNO3S2/c1-16(25-26)22-5-4-20(12-17(22)6-11-29-3)30-21-14-18(13-19(24)15-21)23(27-2)7-9-28-10-8-23/h4-5,12-15,26H,6-11H2,1-3H3/b25-16+. The lowest BCUT2D eigenvalue weighted by Gasteiger charge is -2.36. The molecule has 0 amide bonds. The summed E-state index contributed by atoms with van der Waals surface area (Å²) in [5, 5.41) is 12.6. The Morgan fingerprint density at radius 3 is 2.63 bits per heavy atom. The summed E-state index contributed by atoms with van der Waals surface area (Å²) in [6.07, 6.45) is 4.37. The molecule has 3 rings (SSSR count). The lowest BCUT2D eigenvalue weighted by molar-refractivity contribution is -0.0950. The Bertz CT molecular complexity index is 898. The molecule has 0 unspecified atom stereocenters. The third-order valence-electron chi connectivity index (χ3n) is 5.52. The van der Waals surface area contributed by atoms with Crippen molar-refractivity contribution in [3.63, 3.8) is 0 Å². The minimum atomic E-state index is -0.502. The monoisotopic (exact) mass is 449 g/mol. The molecule has 1 N–H and O–H groups in total. The highest BCUT2D eigenvalue weighted by molar-refractivity contribution is 7.99. The molecular formula is C23H28FNO3S2. The van der Waals surface area contributed by atoms with Crippen molar-refractivity contribution in [2.45, 2.75) is 41.6 Å². The van der Waals surface area contributed by atoms with Crippen molar-refractivity contribution in [1.82, 2.24) is 0 Å². The fourth-order valence-corrected chi connectivity index (χ4v) is 5.18. The first-order valence-corrected chi connectivity index (χ1v) is 12.1. The number of methoxy groups -OCH3 is 1. The van der Waals surface area contributed by atoms with Gasteiger partial charge in [0, 0.05) is 48.5 Å². The highest BCUT2D eigenvalue weighted by Gasteiger charge is 2.35. The fraction of sp³-hybridized carbons (Fsp3) is 0.435. The van der Waals surface area contributed by atoms with Crippen molar-refractivity contribution in [2.75, 3.05) is 32.3 Å². The van der Waals surface area contributed by atoms with Crippen LogP contribution >= 0.6 is 23.5 Å². The molecule has 0 radical (unpaired) electrons. The number of nitrogens with zero attached hydrogens (tertiary/aromatic N) is 1. The smallest absolute Gasteiger partial charge is 0.124 e. The average Bonchev–Trinajstić information content (AvgIpc) is 2.77. The molecule has 1 aliphatic heterocycles. The second-order valence-electron chi connectivity index (χ2n) is 7.34. The van der Waals surface area contributed by atoms with E-state index in [-0.39, 0.29) is 5.82 Å². The summed E-state index contributed by atoms with van der Waals surface area (Å²) in [7, 11) is 1.69. The average molecular weight is 450 g/mol. The van der Waals surface area contributed by atoms with Crippen LogP contribution in [0.1, 0.15) is 36.5 Å². The minimum absolute atomic E-state index is 0.264. The van der Waals surface area contributed by atoms with Crippen LogP contribution in [-0.2, 0) is 21.5 Å². The van der Waals surface area contributed by atoms with Crippen molar-refractivity contribution >= 4 is 29.2 Å².